The molecule has 0 saturated heterocycles. The molecule has 0 heterocycles. The van der Waals surface area contributed by atoms with Crippen LogP contribution in [0.3, 0.4) is 0 Å². The van der Waals surface area contributed by atoms with Crippen molar-refractivity contribution in [1.29, 1.82) is 0 Å². The van der Waals surface area contributed by atoms with Crippen LogP contribution in [0.15, 0.2) is 18.2 Å². The fourth-order valence-electron chi connectivity index (χ4n) is 1.56. The molecule has 0 spiro atoms. The van der Waals surface area contributed by atoms with Crippen LogP contribution in [0.2, 0.25) is 5.02 Å². The van der Waals surface area contributed by atoms with E-state index < -0.39 is 0 Å². The summed E-state index contributed by atoms with van der Waals surface area (Å²) in [5, 5.41) is 6.65. The summed E-state index contributed by atoms with van der Waals surface area (Å²) in [5.74, 6) is 0.977. The summed E-state index contributed by atoms with van der Waals surface area (Å²) in [5.41, 5.74) is 1.43. The Kier molecular flexibility index (Phi) is 6.98. The second-order valence-corrected chi connectivity index (χ2v) is 5.24. The van der Waals surface area contributed by atoms with E-state index in [-0.39, 0.29) is 5.91 Å². The van der Waals surface area contributed by atoms with Gasteiger partial charge in [-0.05, 0) is 43.6 Å². The van der Waals surface area contributed by atoms with Crippen LogP contribution in [0, 0.1) is 0 Å². The van der Waals surface area contributed by atoms with Crippen LogP contribution < -0.4 is 10.6 Å². The standard InChI is InChI=1S/C13H19ClN2OS/c1-3-15-12-6-5-10(14)9-11(12)13(17)16-7-4-8-18-2/h5-6,9,15H,3-4,7-8H2,1-2H3,(H,16,17). The summed E-state index contributed by atoms with van der Waals surface area (Å²) in [6, 6.07) is 5.32. The van der Waals surface area contributed by atoms with Gasteiger partial charge in [0.15, 0.2) is 0 Å². The molecular weight excluding hydrogens is 268 g/mol. The number of hydrogen-bond acceptors (Lipinski definition) is 3. The lowest BCUT2D eigenvalue weighted by atomic mass is 10.1. The van der Waals surface area contributed by atoms with Crippen molar-refractivity contribution in [2.75, 3.05) is 30.4 Å². The maximum absolute atomic E-state index is 12.0. The number of halogens is 1. The van der Waals surface area contributed by atoms with E-state index >= 15 is 0 Å². The highest BCUT2D eigenvalue weighted by Gasteiger charge is 2.11. The number of rotatable bonds is 7. The van der Waals surface area contributed by atoms with Gasteiger partial charge in [-0.15, -0.1) is 0 Å². The molecule has 0 aliphatic heterocycles. The lowest BCUT2D eigenvalue weighted by Gasteiger charge is -2.11. The lowest BCUT2D eigenvalue weighted by Crippen LogP contribution is -2.25. The van der Waals surface area contributed by atoms with E-state index in [4.69, 9.17) is 11.6 Å². The number of carbonyl (C=O) groups is 1. The molecule has 1 aromatic rings. The minimum absolute atomic E-state index is 0.0745. The average molecular weight is 287 g/mol. The minimum Gasteiger partial charge on any atom is -0.385 e. The van der Waals surface area contributed by atoms with Crippen LogP contribution in [-0.4, -0.2) is 31.0 Å². The number of amides is 1. The van der Waals surface area contributed by atoms with E-state index in [0.29, 0.717) is 17.1 Å². The van der Waals surface area contributed by atoms with Crippen LogP contribution >= 0.6 is 23.4 Å². The Labute approximate surface area is 118 Å². The molecule has 0 aliphatic carbocycles. The third kappa shape index (κ3) is 4.78. The normalized spacial score (nSPS) is 10.2. The highest BCUT2D eigenvalue weighted by atomic mass is 35.5. The predicted molar refractivity (Wildman–Crippen MR) is 80.9 cm³/mol. The van der Waals surface area contributed by atoms with Gasteiger partial charge in [0.2, 0.25) is 0 Å². The van der Waals surface area contributed by atoms with E-state index in [2.05, 4.69) is 16.9 Å². The first-order valence-electron chi connectivity index (χ1n) is 5.99. The monoisotopic (exact) mass is 286 g/mol. The first-order chi connectivity index (χ1) is 8.69. The second-order valence-electron chi connectivity index (χ2n) is 3.82. The second kappa shape index (κ2) is 8.27. The Morgan fingerprint density at radius 1 is 1.44 bits per heavy atom. The Morgan fingerprint density at radius 3 is 2.89 bits per heavy atom. The van der Waals surface area contributed by atoms with E-state index in [1.807, 2.05) is 13.0 Å². The molecule has 0 radical (unpaired) electrons. The average Bonchev–Trinajstić information content (AvgIpc) is 2.37. The largest absolute Gasteiger partial charge is 0.385 e. The molecule has 100 valence electrons. The molecule has 0 fully saturated rings. The van der Waals surface area contributed by atoms with Gasteiger partial charge in [-0.3, -0.25) is 4.79 Å². The van der Waals surface area contributed by atoms with Gasteiger partial charge in [-0.2, -0.15) is 11.8 Å². The topological polar surface area (TPSA) is 41.1 Å². The number of benzene rings is 1. The summed E-state index contributed by atoms with van der Waals surface area (Å²) in [4.78, 5) is 12.0. The van der Waals surface area contributed by atoms with Gasteiger partial charge in [0.25, 0.3) is 5.91 Å². The summed E-state index contributed by atoms with van der Waals surface area (Å²) >= 11 is 7.71. The summed E-state index contributed by atoms with van der Waals surface area (Å²) in [7, 11) is 0. The maximum atomic E-state index is 12.0. The van der Waals surface area contributed by atoms with Crippen molar-refractivity contribution < 1.29 is 4.79 Å². The van der Waals surface area contributed by atoms with E-state index in [1.165, 1.54) is 0 Å². The molecule has 3 nitrogen and oxygen atoms in total. The van der Waals surface area contributed by atoms with Gasteiger partial charge < -0.3 is 10.6 Å². The Balaban J connectivity index is 2.67. The van der Waals surface area contributed by atoms with Crippen LogP contribution in [0.5, 0.6) is 0 Å². The van der Waals surface area contributed by atoms with Crippen molar-refractivity contribution in [2.24, 2.45) is 0 Å². The summed E-state index contributed by atoms with van der Waals surface area (Å²) in [6.07, 6.45) is 3.03. The SMILES string of the molecule is CCNc1ccc(Cl)cc1C(=O)NCCCSC. The molecule has 1 rings (SSSR count). The van der Waals surface area contributed by atoms with Crippen LogP contribution in [0.25, 0.3) is 0 Å². The quantitative estimate of drug-likeness (QED) is 0.756. The molecule has 2 N–H and O–H groups in total. The van der Waals surface area contributed by atoms with Gasteiger partial charge in [0.1, 0.15) is 0 Å². The molecule has 0 atom stereocenters. The van der Waals surface area contributed by atoms with Crippen LogP contribution in [0.4, 0.5) is 5.69 Å². The number of thioether (sulfide) groups is 1. The molecule has 0 aromatic heterocycles. The predicted octanol–water partition coefficient (Wildman–Crippen LogP) is 3.25. The molecule has 1 aromatic carbocycles. The molecule has 0 bridgehead atoms. The number of carbonyl (C=O) groups excluding carboxylic acids is 1. The molecular formula is C13H19ClN2OS. The Hall–Kier alpha value is -0.870. The molecule has 0 unspecified atom stereocenters. The van der Waals surface area contributed by atoms with E-state index in [0.717, 1.165) is 24.4 Å². The van der Waals surface area contributed by atoms with Crippen molar-refractivity contribution >= 4 is 35.0 Å². The van der Waals surface area contributed by atoms with Crippen LogP contribution in [0.1, 0.15) is 23.7 Å². The maximum Gasteiger partial charge on any atom is 0.253 e. The van der Waals surface area contributed by atoms with Gasteiger partial charge >= 0.3 is 0 Å². The first-order valence-corrected chi connectivity index (χ1v) is 7.76. The van der Waals surface area contributed by atoms with E-state index in [1.54, 1.807) is 23.9 Å². The number of nitrogens with one attached hydrogen (secondary N) is 2. The first kappa shape index (κ1) is 15.2. The Bertz CT molecular complexity index is 399. The van der Waals surface area contributed by atoms with Crippen molar-refractivity contribution in [3.05, 3.63) is 28.8 Å². The molecule has 1 amide bonds. The zero-order valence-electron chi connectivity index (χ0n) is 10.8. The van der Waals surface area contributed by atoms with Gasteiger partial charge in [0.05, 0.1) is 5.56 Å². The third-order valence-electron chi connectivity index (χ3n) is 2.40. The molecule has 5 heteroatoms. The van der Waals surface area contributed by atoms with Crippen LogP contribution in [-0.2, 0) is 0 Å². The van der Waals surface area contributed by atoms with Crippen molar-refractivity contribution in [1.82, 2.24) is 5.32 Å². The third-order valence-corrected chi connectivity index (χ3v) is 3.34. The fraction of sp³-hybridized carbons (Fsp3) is 0.462. The molecule has 0 saturated carbocycles. The van der Waals surface area contributed by atoms with Gasteiger partial charge in [-0.1, -0.05) is 11.6 Å². The fourth-order valence-corrected chi connectivity index (χ4v) is 2.17. The smallest absolute Gasteiger partial charge is 0.253 e. The van der Waals surface area contributed by atoms with Crippen molar-refractivity contribution in [3.8, 4) is 0 Å². The summed E-state index contributed by atoms with van der Waals surface area (Å²) in [6.45, 7) is 3.46. The highest BCUT2D eigenvalue weighted by molar-refractivity contribution is 7.98. The number of anilines is 1. The lowest BCUT2D eigenvalue weighted by molar-refractivity contribution is 0.0954. The van der Waals surface area contributed by atoms with Crippen molar-refractivity contribution in [2.45, 2.75) is 13.3 Å². The van der Waals surface area contributed by atoms with Gasteiger partial charge in [-0.25, -0.2) is 0 Å². The Morgan fingerprint density at radius 2 is 2.22 bits per heavy atom. The zero-order chi connectivity index (χ0) is 13.4. The zero-order valence-corrected chi connectivity index (χ0v) is 12.3. The molecule has 18 heavy (non-hydrogen) atoms. The number of hydrogen-bond donors (Lipinski definition) is 2. The van der Waals surface area contributed by atoms with E-state index in [9.17, 15) is 4.79 Å². The minimum atomic E-state index is -0.0745. The summed E-state index contributed by atoms with van der Waals surface area (Å²) < 4.78 is 0. The van der Waals surface area contributed by atoms with Crippen molar-refractivity contribution in [3.63, 3.8) is 0 Å². The molecule has 0 aliphatic rings. The highest BCUT2D eigenvalue weighted by Crippen LogP contribution is 2.20. The van der Waals surface area contributed by atoms with Gasteiger partial charge in [0, 0.05) is 23.8 Å².